The van der Waals surface area contributed by atoms with E-state index in [1.165, 1.54) is 12.8 Å². The highest BCUT2D eigenvalue weighted by Gasteiger charge is 2.05. The highest BCUT2D eigenvalue weighted by molar-refractivity contribution is 9.10. The Balaban J connectivity index is 2.28. The van der Waals surface area contributed by atoms with Gasteiger partial charge in [0.15, 0.2) is 5.11 Å². The summed E-state index contributed by atoms with van der Waals surface area (Å²) in [4.78, 5) is 0. The molecule has 0 amide bonds. The van der Waals surface area contributed by atoms with Crippen LogP contribution in [0.1, 0.15) is 40.0 Å². The van der Waals surface area contributed by atoms with Crippen LogP contribution in [0.15, 0.2) is 28.7 Å². The fourth-order valence-corrected chi connectivity index (χ4v) is 2.41. The van der Waals surface area contributed by atoms with Crippen molar-refractivity contribution in [2.75, 3.05) is 5.32 Å². The summed E-state index contributed by atoms with van der Waals surface area (Å²) in [6.07, 6.45) is 3.67. The second kappa shape index (κ2) is 8.54. The molecule has 0 saturated heterocycles. The van der Waals surface area contributed by atoms with Crippen LogP contribution in [0.25, 0.3) is 0 Å². The molecule has 0 aliphatic heterocycles. The van der Waals surface area contributed by atoms with Crippen molar-refractivity contribution in [3.8, 4) is 0 Å². The Bertz CT molecular complexity index is 390. The van der Waals surface area contributed by atoms with Gasteiger partial charge in [-0.3, -0.25) is 0 Å². The van der Waals surface area contributed by atoms with E-state index >= 15 is 0 Å². The number of nitrogens with one attached hydrogen (secondary N) is 2. The number of thiocarbonyl (C=S) groups is 1. The lowest BCUT2D eigenvalue weighted by Gasteiger charge is -2.17. The number of halogens is 1. The lowest BCUT2D eigenvalue weighted by molar-refractivity contribution is 0.495. The van der Waals surface area contributed by atoms with Crippen molar-refractivity contribution >= 4 is 38.9 Å². The zero-order chi connectivity index (χ0) is 14.3. The molecule has 0 aliphatic carbocycles. The van der Waals surface area contributed by atoms with Gasteiger partial charge in [-0.05, 0) is 55.7 Å². The first-order chi connectivity index (χ1) is 8.97. The zero-order valence-corrected chi connectivity index (χ0v) is 14.3. The van der Waals surface area contributed by atoms with Crippen molar-refractivity contribution < 1.29 is 0 Å². The standard InChI is InChI=1S/C15H23BrN2S/c1-11(2)5-4-6-12(3)17-15(19)18-14-9-7-13(16)8-10-14/h7-12H,4-6H2,1-3H3,(H2,17,18,19). The predicted molar refractivity (Wildman–Crippen MR) is 91.6 cm³/mol. The van der Waals surface area contributed by atoms with Gasteiger partial charge in [-0.1, -0.05) is 42.6 Å². The third kappa shape index (κ3) is 7.53. The minimum Gasteiger partial charge on any atom is -0.360 e. The molecule has 0 spiro atoms. The van der Waals surface area contributed by atoms with Crippen molar-refractivity contribution in [1.82, 2.24) is 5.32 Å². The second-order valence-electron chi connectivity index (χ2n) is 5.33. The SMILES string of the molecule is CC(C)CCCC(C)NC(=S)Nc1ccc(Br)cc1. The highest BCUT2D eigenvalue weighted by atomic mass is 79.9. The number of hydrogen-bond donors (Lipinski definition) is 2. The van der Waals surface area contributed by atoms with Crippen molar-refractivity contribution in [2.24, 2.45) is 5.92 Å². The molecular weight excluding hydrogens is 320 g/mol. The minimum atomic E-state index is 0.411. The second-order valence-corrected chi connectivity index (χ2v) is 6.66. The molecule has 0 bridgehead atoms. The maximum absolute atomic E-state index is 5.31. The molecule has 1 aromatic rings. The quantitative estimate of drug-likeness (QED) is 0.715. The molecule has 1 atom stereocenters. The average molecular weight is 343 g/mol. The van der Waals surface area contributed by atoms with E-state index in [1.807, 2.05) is 24.3 Å². The number of anilines is 1. The lowest BCUT2D eigenvalue weighted by atomic mass is 10.0. The summed E-state index contributed by atoms with van der Waals surface area (Å²) in [6.45, 7) is 6.70. The van der Waals surface area contributed by atoms with Crippen LogP contribution in [-0.2, 0) is 0 Å². The van der Waals surface area contributed by atoms with Crippen LogP contribution in [0.2, 0.25) is 0 Å². The molecule has 0 heterocycles. The minimum absolute atomic E-state index is 0.411. The molecule has 106 valence electrons. The normalized spacial score (nSPS) is 12.3. The Hall–Kier alpha value is -0.610. The number of rotatable bonds is 6. The fraction of sp³-hybridized carbons (Fsp3) is 0.533. The summed E-state index contributed by atoms with van der Waals surface area (Å²) in [6, 6.07) is 8.41. The molecule has 1 aromatic carbocycles. The van der Waals surface area contributed by atoms with E-state index in [0.29, 0.717) is 11.2 Å². The average Bonchev–Trinajstić information content (AvgIpc) is 2.31. The van der Waals surface area contributed by atoms with Gasteiger partial charge in [0.1, 0.15) is 0 Å². The molecule has 0 aliphatic rings. The maximum Gasteiger partial charge on any atom is 0.170 e. The van der Waals surface area contributed by atoms with Crippen molar-refractivity contribution in [1.29, 1.82) is 0 Å². The smallest absolute Gasteiger partial charge is 0.170 e. The Morgan fingerprint density at radius 2 is 1.79 bits per heavy atom. The molecule has 1 rings (SSSR count). The lowest BCUT2D eigenvalue weighted by Crippen LogP contribution is -2.35. The van der Waals surface area contributed by atoms with Gasteiger partial charge >= 0.3 is 0 Å². The first-order valence-corrected chi connectivity index (χ1v) is 8.00. The first kappa shape index (κ1) is 16.4. The first-order valence-electron chi connectivity index (χ1n) is 6.80. The highest BCUT2D eigenvalue weighted by Crippen LogP contribution is 2.14. The van der Waals surface area contributed by atoms with E-state index in [2.05, 4.69) is 47.3 Å². The van der Waals surface area contributed by atoms with Crippen LogP contribution in [-0.4, -0.2) is 11.2 Å². The van der Waals surface area contributed by atoms with Crippen LogP contribution >= 0.6 is 28.1 Å². The molecule has 0 saturated carbocycles. The van der Waals surface area contributed by atoms with Crippen molar-refractivity contribution in [3.05, 3.63) is 28.7 Å². The zero-order valence-electron chi connectivity index (χ0n) is 11.9. The Labute approximate surface area is 130 Å². The topological polar surface area (TPSA) is 24.1 Å². The van der Waals surface area contributed by atoms with E-state index in [9.17, 15) is 0 Å². The summed E-state index contributed by atoms with van der Waals surface area (Å²) in [5.41, 5.74) is 1.01. The van der Waals surface area contributed by atoms with Gasteiger partial charge in [-0.25, -0.2) is 0 Å². The van der Waals surface area contributed by atoms with Crippen LogP contribution in [0.3, 0.4) is 0 Å². The van der Waals surface area contributed by atoms with Crippen LogP contribution in [0.4, 0.5) is 5.69 Å². The van der Waals surface area contributed by atoms with E-state index in [0.717, 1.165) is 22.5 Å². The van der Waals surface area contributed by atoms with Crippen molar-refractivity contribution in [3.63, 3.8) is 0 Å². The molecule has 0 fully saturated rings. The third-order valence-electron chi connectivity index (χ3n) is 2.90. The van der Waals surface area contributed by atoms with Gasteiger partial charge in [-0.15, -0.1) is 0 Å². The summed E-state index contributed by atoms with van der Waals surface area (Å²) in [5.74, 6) is 0.778. The summed E-state index contributed by atoms with van der Waals surface area (Å²) in [7, 11) is 0. The molecule has 19 heavy (non-hydrogen) atoms. The van der Waals surface area contributed by atoms with Crippen molar-refractivity contribution in [2.45, 2.75) is 46.1 Å². The number of hydrogen-bond acceptors (Lipinski definition) is 1. The molecule has 0 radical (unpaired) electrons. The fourth-order valence-electron chi connectivity index (χ4n) is 1.83. The van der Waals surface area contributed by atoms with Crippen LogP contribution in [0, 0.1) is 5.92 Å². The van der Waals surface area contributed by atoms with Crippen LogP contribution in [0.5, 0.6) is 0 Å². The molecule has 2 N–H and O–H groups in total. The Morgan fingerprint density at radius 3 is 2.37 bits per heavy atom. The predicted octanol–water partition coefficient (Wildman–Crippen LogP) is 4.95. The van der Waals surface area contributed by atoms with Gasteiger partial charge in [0.05, 0.1) is 0 Å². The van der Waals surface area contributed by atoms with E-state index in [4.69, 9.17) is 12.2 Å². The molecule has 1 unspecified atom stereocenters. The van der Waals surface area contributed by atoms with Gasteiger partial charge in [0.25, 0.3) is 0 Å². The van der Waals surface area contributed by atoms with Gasteiger partial charge in [0.2, 0.25) is 0 Å². The van der Waals surface area contributed by atoms with Gasteiger partial charge in [0, 0.05) is 16.2 Å². The largest absolute Gasteiger partial charge is 0.360 e. The van der Waals surface area contributed by atoms with Gasteiger partial charge in [-0.2, -0.15) is 0 Å². The van der Waals surface area contributed by atoms with Crippen LogP contribution < -0.4 is 10.6 Å². The Kier molecular flexibility index (Phi) is 7.39. The molecule has 2 nitrogen and oxygen atoms in total. The third-order valence-corrected chi connectivity index (χ3v) is 3.65. The maximum atomic E-state index is 5.31. The van der Waals surface area contributed by atoms with E-state index < -0.39 is 0 Å². The summed E-state index contributed by atoms with van der Waals surface area (Å²) >= 11 is 8.73. The van der Waals surface area contributed by atoms with E-state index in [-0.39, 0.29) is 0 Å². The van der Waals surface area contributed by atoms with E-state index in [1.54, 1.807) is 0 Å². The van der Waals surface area contributed by atoms with Gasteiger partial charge < -0.3 is 10.6 Å². The molecule has 0 aromatic heterocycles. The summed E-state index contributed by atoms with van der Waals surface area (Å²) < 4.78 is 1.07. The molecule has 4 heteroatoms. The molecular formula is C15H23BrN2S. The monoisotopic (exact) mass is 342 g/mol. The summed E-state index contributed by atoms with van der Waals surface area (Å²) in [5, 5.41) is 7.22. The Morgan fingerprint density at radius 1 is 1.16 bits per heavy atom. The number of benzene rings is 1.